The Hall–Kier alpha value is -2.51. The van der Waals surface area contributed by atoms with Crippen LogP contribution in [0.1, 0.15) is 28.9 Å². The van der Waals surface area contributed by atoms with Crippen LogP contribution in [0, 0.1) is 0 Å². The molecule has 1 aliphatic rings. The van der Waals surface area contributed by atoms with Gasteiger partial charge in [0, 0.05) is 42.1 Å². The predicted octanol–water partition coefficient (Wildman–Crippen LogP) is 4.06. The molecular formula is C21H21BrN4O2. The fourth-order valence-electron chi connectivity index (χ4n) is 3.33. The molecule has 0 bridgehead atoms. The van der Waals surface area contributed by atoms with Crippen LogP contribution in [-0.2, 0) is 11.3 Å². The first-order valence-electron chi connectivity index (χ1n) is 9.30. The van der Waals surface area contributed by atoms with Crippen molar-refractivity contribution >= 4 is 21.8 Å². The quantitative estimate of drug-likeness (QED) is 0.627. The van der Waals surface area contributed by atoms with Gasteiger partial charge in [-0.1, -0.05) is 28.1 Å². The third-order valence-electron chi connectivity index (χ3n) is 4.81. The summed E-state index contributed by atoms with van der Waals surface area (Å²) in [4.78, 5) is 19.1. The molecule has 6 nitrogen and oxygen atoms in total. The second kappa shape index (κ2) is 8.67. The number of amides is 1. The summed E-state index contributed by atoms with van der Waals surface area (Å²) in [5.41, 5.74) is 3.22. The van der Waals surface area contributed by atoms with Gasteiger partial charge in [0.05, 0.1) is 11.8 Å². The van der Waals surface area contributed by atoms with Crippen molar-refractivity contribution in [3.05, 3.63) is 70.6 Å². The lowest BCUT2D eigenvalue weighted by Gasteiger charge is -2.25. The second-order valence-corrected chi connectivity index (χ2v) is 7.77. The van der Waals surface area contributed by atoms with Gasteiger partial charge in [-0.25, -0.2) is 0 Å². The Labute approximate surface area is 172 Å². The Morgan fingerprint density at radius 2 is 2.00 bits per heavy atom. The van der Waals surface area contributed by atoms with Crippen molar-refractivity contribution in [1.82, 2.24) is 20.1 Å². The molecule has 28 heavy (non-hydrogen) atoms. The van der Waals surface area contributed by atoms with Crippen LogP contribution in [0.5, 0.6) is 0 Å². The van der Waals surface area contributed by atoms with E-state index in [1.165, 1.54) is 0 Å². The molecule has 1 aliphatic heterocycles. The summed E-state index contributed by atoms with van der Waals surface area (Å²) in [5, 5.41) is 7.23. The average molecular weight is 441 g/mol. The van der Waals surface area contributed by atoms with Crippen LogP contribution in [0.15, 0.2) is 59.3 Å². The number of hydrogen-bond acceptors (Lipinski definition) is 4. The molecular weight excluding hydrogens is 420 g/mol. The van der Waals surface area contributed by atoms with Crippen LogP contribution in [0.3, 0.4) is 0 Å². The SMILES string of the molecule is O=C(c1cc(-c2ccc(Br)cc2)n[nH]1)N(Cc1ccncc1)CC1CCCO1. The molecule has 7 heteroatoms. The van der Waals surface area contributed by atoms with Gasteiger partial charge in [-0.3, -0.25) is 14.9 Å². The van der Waals surface area contributed by atoms with Crippen LogP contribution in [0.4, 0.5) is 0 Å². The first kappa shape index (κ1) is 18.8. The lowest BCUT2D eigenvalue weighted by Crippen LogP contribution is -2.37. The highest BCUT2D eigenvalue weighted by molar-refractivity contribution is 9.10. The Balaban J connectivity index is 1.54. The molecule has 4 rings (SSSR count). The first-order chi connectivity index (χ1) is 13.7. The van der Waals surface area contributed by atoms with E-state index in [1.54, 1.807) is 18.5 Å². The van der Waals surface area contributed by atoms with Crippen molar-refractivity contribution < 1.29 is 9.53 Å². The summed E-state index contributed by atoms with van der Waals surface area (Å²) >= 11 is 3.43. The van der Waals surface area contributed by atoms with E-state index in [0.717, 1.165) is 40.7 Å². The molecule has 0 saturated carbocycles. The van der Waals surface area contributed by atoms with Crippen LogP contribution < -0.4 is 0 Å². The van der Waals surface area contributed by atoms with Gasteiger partial charge in [0.2, 0.25) is 0 Å². The molecule has 1 unspecified atom stereocenters. The number of ether oxygens (including phenoxy) is 1. The van der Waals surface area contributed by atoms with E-state index in [-0.39, 0.29) is 12.0 Å². The van der Waals surface area contributed by atoms with E-state index in [9.17, 15) is 4.79 Å². The molecule has 1 saturated heterocycles. The summed E-state index contributed by atoms with van der Waals surface area (Å²) in [7, 11) is 0. The van der Waals surface area contributed by atoms with Gasteiger partial charge in [-0.05, 0) is 48.7 Å². The smallest absolute Gasteiger partial charge is 0.272 e. The third-order valence-corrected chi connectivity index (χ3v) is 5.33. The van der Waals surface area contributed by atoms with Crippen molar-refractivity contribution in [2.45, 2.75) is 25.5 Å². The minimum atomic E-state index is -0.0804. The first-order valence-corrected chi connectivity index (χ1v) is 10.1. The topological polar surface area (TPSA) is 71.1 Å². The van der Waals surface area contributed by atoms with Crippen molar-refractivity contribution in [2.24, 2.45) is 0 Å². The number of rotatable bonds is 6. The molecule has 1 fully saturated rings. The highest BCUT2D eigenvalue weighted by Gasteiger charge is 2.25. The Morgan fingerprint density at radius 1 is 1.21 bits per heavy atom. The number of halogens is 1. The van der Waals surface area contributed by atoms with Gasteiger partial charge >= 0.3 is 0 Å². The molecule has 2 aromatic heterocycles. The van der Waals surface area contributed by atoms with Crippen LogP contribution >= 0.6 is 15.9 Å². The standard InChI is InChI=1S/C21H21BrN4O2/c22-17-5-3-16(4-6-17)19-12-20(25-24-19)21(27)26(14-18-2-1-11-28-18)13-15-7-9-23-10-8-15/h3-10,12,18H,1-2,11,13-14H2,(H,24,25). The molecule has 1 amide bonds. The van der Waals surface area contributed by atoms with Gasteiger partial charge in [-0.2, -0.15) is 5.10 Å². The predicted molar refractivity (Wildman–Crippen MR) is 110 cm³/mol. The summed E-state index contributed by atoms with van der Waals surface area (Å²) in [6.07, 6.45) is 5.59. The molecule has 3 aromatic rings. The number of aromatic amines is 1. The Bertz CT molecular complexity index is 921. The molecule has 0 radical (unpaired) electrons. The van der Waals surface area contributed by atoms with E-state index in [4.69, 9.17) is 4.74 Å². The fourth-order valence-corrected chi connectivity index (χ4v) is 3.60. The zero-order valence-corrected chi connectivity index (χ0v) is 16.9. The van der Waals surface area contributed by atoms with Gasteiger partial charge in [0.1, 0.15) is 5.69 Å². The normalized spacial score (nSPS) is 16.2. The monoisotopic (exact) mass is 440 g/mol. The molecule has 1 aromatic carbocycles. The average Bonchev–Trinajstić information content (AvgIpc) is 3.40. The Kier molecular flexibility index (Phi) is 5.83. The second-order valence-electron chi connectivity index (χ2n) is 6.85. The summed E-state index contributed by atoms with van der Waals surface area (Å²) in [6.45, 7) is 1.83. The van der Waals surface area contributed by atoms with Gasteiger partial charge in [0.25, 0.3) is 5.91 Å². The van der Waals surface area contributed by atoms with Crippen molar-refractivity contribution in [3.8, 4) is 11.3 Å². The van der Waals surface area contributed by atoms with Gasteiger partial charge in [-0.15, -0.1) is 0 Å². The minimum absolute atomic E-state index is 0.0804. The number of hydrogen-bond donors (Lipinski definition) is 1. The number of nitrogens with zero attached hydrogens (tertiary/aromatic N) is 3. The van der Waals surface area contributed by atoms with E-state index >= 15 is 0 Å². The Morgan fingerprint density at radius 3 is 2.71 bits per heavy atom. The van der Waals surface area contributed by atoms with Crippen LogP contribution in [0.25, 0.3) is 11.3 Å². The lowest BCUT2D eigenvalue weighted by atomic mass is 10.1. The van der Waals surface area contributed by atoms with Gasteiger partial charge in [0.15, 0.2) is 0 Å². The number of H-pyrrole nitrogens is 1. The fraction of sp³-hybridized carbons (Fsp3) is 0.286. The van der Waals surface area contributed by atoms with E-state index in [2.05, 4.69) is 31.1 Å². The maximum absolute atomic E-state index is 13.2. The van der Waals surface area contributed by atoms with Crippen molar-refractivity contribution in [3.63, 3.8) is 0 Å². The van der Waals surface area contributed by atoms with E-state index in [0.29, 0.717) is 18.8 Å². The highest BCUT2D eigenvalue weighted by atomic mass is 79.9. The lowest BCUT2D eigenvalue weighted by molar-refractivity contribution is 0.0503. The minimum Gasteiger partial charge on any atom is -0.376 e. The summed E-state index contributed by atoms with van der Waals surface area (Å²) < 4.78 is 6.76. The van der Waals surface area contributed by atoms with Gasteiger partial charge < -0.3 is 9.64 Å². The molecule has 1 atom stereocenters. The molecule has 0 spiro atoms. The maximum Gasteiger partial charge on any atom is 0.272 e. The van der Waals surface area contributed by atoms with E-state index in [1.807, 2.05) is 41.3 Å². The number of nitrogens with one attached hydrogen (secondary N) is 1. The van der Waals surface area contributed by atoms with E-state index < -0.39 is 0 Å². The van der Waals surface area contributed by atoms with Crippen molar-refractivity contribution in [1.29, 1.82) is 0 Å². The zero-order chi connectivity index (χ0) is 19.3. The molecule has 144 valence electrons. The number of carbonyl (C=O) groups is 1. The summed E-state index contributed by atoms with van der Waals surface area (Å²) in [6, 6.07) is 13.5. The summed E-state index contributed by atoms with van der Waals surface area (Å²) in [5.74, 6) is -0.0804. The number of carbonyl (C=O) groups excluding carboxylic acids is 1. The maximum atomic E-state index is 13.2. The van der Waals surface area contributed by atoms with Crippen LogP contribution in [0.2, 0.25) is 0 Å². The highest BCUT2D eigenvalue weighted by Crippen LogP contribution is 2.22. The molecule has 1 N–H and O–H groups in total. The molecule has 0 aliphatic carbocycles. The number of aromatic nitrogens is 3. The number of benzene rings is 1. The molecule has 3 heterocycles. The largest absolute Gasteiger partial charge is 0.376 e. The van der Waals surface area contributed by atoms with Crippen LogP contribution in [-0.4, -0.2) is 45.2 Å². The zero-order valence-electron chi connectivity index (χ0n) is 15.3. The third kappa shape index (κ3) is 4.48. The van der Waals surface area contributed by atoms with Crippen molar-refractivity contribution in [2.75, 3.05) is 13.2 Å². The number of pyridine rings is 1.